The van der Waals surface area contributed by atoms with Crippen molar-refractivity contribution < 1.29 is 18.0 Å². The third-order valence-corrected chi connectivity index (χ3v) is 8.08. The van der Waals surface area contributed by atoms with Crippen molar-refractivity contribution in [3.63, 3.8) is 0 Å². The molecule has 12 heteroatoms. The fourth-order valence-corrected chi connectivity index (χ4v) is 5.98. The van der Waals surface area contributed by atoms with Gasteiger partial charge < -0.3 is 4.90 Å². The van der Waals surface area contributed by atoms with Crippen molar-refractivity contribution in [2.45, 2.75) is 43.2 Å². The Hall–Kier alpha value is -3.02. The molecule has 34 heavy (non-hydrogen) atoms. The fourth-order valence-electron chi connectivity index (χ4n) is 4.54. The summed E-state index contributed by atoms with van der Waals surface area (Å²) >= 11 is 6.00. The Balaban J connectivity index is 1.30. The summed E-state index contributed by atoms with van der Waals surface area (Å²) in [5, 5.41) is 12.6. The zero-order valence-electron chi connectivity index (χ0n) is 18.4. The number of nitrogens with one attached hydrogen (secondary N) is 2. The molecule has 2 N–H and O–H groups in total. The first kappa shape index (κ1) is 22.8. The SMILES string of the molecule is C[C@@H](C(=O)N1CCCc2nn[nH]c21)N1CC[C@H](NS(=O)(=O)c2ccc3cc(Cl)ccc3c2)C1=O. The van der Waals surface area contributed by atoms with E-state index in [-0.39, 0.29) is 23.8 Å². The highest BCUT2D eigenvalue weighted by Gasteiger charge is 2.41. The first-order valence-corrected chi connectivity index (χ1v) is 12.8. The molecule has 2 aliphatic heterocycles. The van der Waals surface area contributed by atoms with Gasteiger partial charge in [0.1, 0.15) is 17.8 Å². The van der Waals surface area contributed by atoms with Crippen LogP contribution in [0, 0.1) is 0 Å². The highest BCUT2D eigenvalue weighted by molar-refractivity contribution is 7.89. The van der Waals surface area contributed by atoms with Crippen molar-refractivity contribution in [3.8, 4) is 0 Å². The Morgan fingerprint density at radius 3 is 2.79 bits per heavy atom. The summed E-state index contributed by atoms with van der Waals surface area (Å²) in [5.74, 6) is -0.112. The quantitative estimate of drug-likeness (QED) is 0.548. The molecule has 2 aromatic carbocycles. The number of carbonyl (C=O) groups is 2. The molecule has 3 aromatic rings. The summed E-state index contributed by atoms with van der Waals surface area (Å²) in [4.78, 5) is 29.3. The zero-order chi connectivity index (χ0) is 24.0. The molecule has 2 amide bonds. The molecule has 0 saturated carbocycles. The molecular formula is C22H23ClN6O4S. The lowest BCUT2D eigenvalue weighted by Crippen LogP contribution is -2.51. The van der Waals surface area contributed by atoms with Crippen LogP contribution in [-0.4, -0.2) is 65.7 Å². The molecule has 0 unspecified atom stereocenters. The Kier molecular flexibility index (Phi) is 5.78. The van der Waals surface area contributed by atoms with E-state index in [9.17, 15) is 18.0 Å². The Morgan fingerprint density at radius 1 is 1.21 bits per heavy atom. The van der Waals surface area contributed by atoms with Gasteiger partial charge in [-0.1, -0.05) is 28.9 Å². The molecule has 0 bridgehead atoms. The van der Waals surface area contributed by atoms with Gasteiger partial charge >= 0.3 is 0 Å². The van der Waals surface area contributed by atoms with Gasteiger partial charge in [-0.15, -0.1) is 5.10 Å². The lowest BCUT2D eigenvalue weighted by Gasteiger charge is -2.31. The number of sulfonamides is 1. The van der Waals surface area contributed by atoms with E-state index in [0.717, 1.165) is 29.3 Å². The van der Waals surface area contributed by atoms with Crippen molar-refractivity contribution in [2.24, 2.45) is 0 Å². The molecule has 5 rings (SSSR count). The normalized spacial score (nSPS) is 19.5. The number of benzene rings is 2. The summed E-state index contributed by atoms with van der Waals surface area (Å²) in [6.07, 6.45) is 1.76. The molecule has 2 aliphatic rings. The number of anilines is 1. The third kappa shape index (κ3) is 4.04. The number of rotatable bonds is 5. The highest BCUT2D eigenvalue weighted by atomic mass is 35.5. The number of nitrogens with zero attached hydrogens (tertiary/aromatic N) is 4. The van der Waals surface area contributed by atoms with Gasteiger partial charge in [0, 0.05) is 18.1 Å². The summed E-state index contributed by atoms with van der Waals surface area (Å²) in [5.41, 5.74) is 0.725. The molecule has 0 aliphatic carbocycles. The van der Waals surface area contributed by atoms with Crippen molar-refractivity contribution >= 4 is 50.0 Å². The van der Waals surface area contributed by atoms with Crippen LogP contribution in [0.2, 0.25) is 5.02 Å². The molecule has 178 valence electrons. The van der Waals surface area contributed by atoms with Gasteiger partial charge in [0.15, 0.2) is 5.82 Å². The van der Waals surface area contributed by atoms with Crippen LogP contribution in [0.15, 0.2) is 41.3 Å². The van der Waals surface area contributed by atoms with Crippen LogP contribution in [0.5, 0.6) is 0 Å². The number of aryl methyl sites for hydroxylation is 1. The van der Waals surface area contributed by atoms with Crippen LogP contribution in [-0.2, 0) is 26.0 Å². The standard InChI is InChI=1S/C22H23ClN6O4S/c1-13(21(30)29-9-2-3-18-20(29)25-27-24-18)28-10-8-19(22(28)31)26-34(32,33)17-7-5-14-11-16(23)6-4-15(14)12-17/h4-7,11-13,19,26H,2-3,8-10H2,1H3,(H,24,25,27)/t13-,19-/m0/s1. The maximum Gasteiger partial charge on any atom is 0.250 e. The monoisotopic (exact) mass is 502 g/mol. The molecule has 0 spiro atoms. The first-order chi connectivity index (χ1) is 16.2. The average Bonchev–Trinajstić information content (AvgIpc) is 3.44. The predicted molar refractivity (Wildman–Crippen MR) is 126 cm³/mol. The van der Waals surface area contributed by atoms with Crippen LogP contribution in [0.1, 0.15) is 25.5 Å². The van der Waals surface area contributed by atoms with Crippen molar-refractivity contribution in [1.29, 1.82) is 0 Å². The van der Waals surface area contributed by atoms with E-state index in [0.29, 0.717) is 17.4 Å². The van der Waals surface area contributed by atoms with Gasteiger partial charge in [-0.05, 0) is 61.2 Å². The lowest BCUT2D eigenvalue weighted by atomic mass is 10.1. The van der Waals surface area contributed by atoms with Gasteiger partial charge in [-0.25, -0.2) is 13.5 Å². The van der Waals surface area contributed by atoms with Crippen LogP contribution in [0.25, 0.3) is 10.8 Å². The minimum Gasteiger partial charge on any atom is -0.329 e. The number of amides is 2. The smallest absolute Gasteiger partial charge is 0.250 e. The van der Waals surface area contributed by atoms with Crippen molar-refractivity contribution in [2.75, 3.05) is 18.0 Å². The summed E-state index contributed by atoms with van der Waals surface area (Å²) in [7, 11) is -3.95. The number of carbonyl (C=O) groups excluding carboxylic acids is 2. The maximum atomic E-state index is 13.2. The summed E-state index contributed by atoms with van der Waals surface area (Å²) in [6.45, 7) is 2.44. The van der Waals surface area contributed by atoms with Gasteiger partial charge in [0.05, 0.1) is 4.90 Å². The number of likely N-dealkylation sites (tertiary alicyclic amines) is 1. The number of aromatic amines is 1. The Bertz CT molecular complexity index is 1390. The largest absolute Gasteiger partial charge is 0.329 e. The molecule has 0 radical (unpaired) electrons. The van der Waals surface area contributed by atoms with E-state index < -0.39 is 28.0 Å². The Morgan fingerprint density at radius 2 is 1.97 bits per heavy atom. The van der Waals surface area contributed by atoms with E-state index in [2.05, 4.69) is 20.1 Å². The van der Waals surface area contributed by atoms with Crippen LogP contribution >= 0.6 is 11.6 Å². The van der Waals surface area contributed by atoms with Gasteiger partial charge in [0.2, 0.25) is 15.9 Å². The van der Waals surface area contributed by atoms with Crippen molar-refractivity contribution in [3.05, 3.63) is 47.1 Å². The number of H-pyrrole nitrogens is 1. The zero-order valence-corrected chi connectivity index (χ0v) is 19.9. The third-order valence-electron chi connectivity index (χ3n) is 6.38. The summed E-state index contributed by atoms with van der Waals surface area (Å²) in [6, 6.07) is 8.20. The second kappa shape index (κ2) is 8.64. The molecule has 1 aromatic heterocycles. The Labute approximate surface area is 201 Å². The average molecular weight is 503 g/mol. The second-order valence-electron chi connectivity index (χ2n) is 8.52. The number of halogens is 1. The first-order valence-electron chi connectivity index (χ1n) is 11.0. The molecule has 3 heterocycles. The van der Waals surface area contributed by atoms with Gasteiger partial charge in [-0.2, -0.15) is 4.72 Å². The summed E-state index contributed by atoms with van der Waals surface area (Å²) < 4.78 is 28.5. The minimum atomic E-state index is -3.95. The van der Waals surface area contributed by atoms with Crippen molar-refractivity contribution in [1.82, 2.24) is 25.0 Å². The number of hydrogen-bond donors (Lipinski definition) is 2. The second-order valence-corrected chi connectivity index (χ2v) is 10.7. The van der Waals surface area contributed by atoms with Gasteiger partial charge in [-0.3, -0.25) is 14.5 Å². The van der Waals surface area contributed by atoms with Crippen LogP contribution in [0.3, 0.4) is 0 Å². The minimum absolute atomic E-state index is 0.0605. The van der Waals surface area contributed by atoms with E-state index >= 15 is 0 Å². The number of aromatic nitrogens is 3. The van der Waals surface area contributed by atoms with Crippen LogP contribution < -0.4 is 9.62 Å². The van der Waals surface area contributed by atoms with E-state index in [1.165, 1.54) is 11.0 Å². The topological polar surface area (TPSA) is 128 Å². The predicted octanol–water partition coefficient (Wildman–Crippen LogP) is 1.86. The lowest BCUT2D eigenvalue weighted by molar-refractivity contribution is -0.136. The number of fused-ring (bicyclic) bond motifs is 2. The van der Waals surface area contributed by atoms with E-state index in [1.54, 1.807) is 42.2 Å². The maximum absolute atomic E-state index is 13.2. The number of hydrogen-bond acceptors (Lipinski definition) is 6. The fraction of sp³-hybridized carbons (Fsp3) is 0.364. The van der Waals surface area contributed by atoms with Gasteiger partial charge in [0.25, 0.3) is 5.91 Å². The van der Waals surface area contributed by atoms with E-state index in [1.807, 2.05) is 0 Å². The molecular weight excluding hydrogens is 480 g/mol. The molecule has 1 saturated heterocycles. The van der Waals surface area contributed by atoms with E-state index in [4.69, 9.17) is 11.6 Å². The molecule has 1 fully saturated rings. The molecule has 10 nitrogen and oxygen atoms in total. The van der Waals surface area contributed by atoms with Crippen LogP contribution in [0.4, 0.5) is 5.82 Å². The highest BCUT2D eigenvalue weighted by Crippen LogP contribution is 2.26. The molecule has 2 atom stereocenters.